The van der Waals surface area contributed by atoms with Crippen LogP contribution in [0.25, 0.3) is 0 Å². The molecule has 0 unspecified atom stereocenters. The van der Waals surface area contributed by atoms with Crippen LogP contribution in [0.15, 0.2) is 34.9 Å². The highest BCUT2D eigenvalue weighted by molar-refractivity contribution is 5.95. The summed E-state index contributed by atoms with van der Waals surface area (Å²) in [6.07, 6.45) is 2.74. The minimum atomic E-state index is -0.545. The largest absolute Gasteiger partial charge is 0.446 e. The summed E-state index contributed by atoms with van der Waals surface area (Å²) in [5, 5.41) is 13.6. The molecule has 9 heteroatoms. The lowest BCUT2D eigenvalue weighted by Gasteiger charge is -2.20. The number of aromatic nitrogens is 1. The number of non-ortho nitro benzene ring substituents is 1. The second kappa shape index (κ2) is 9.46. The molecule has 0 radical (unpaired) electrons. The number of nitrogens with zero attached hydrogens (tertiary/aromatic N) is 3. The topological polar surface area (TPSA) is 119 Å². The predicted octanol–water partition coefficient (Wildman–Crippen LogP) is 2.78. The molecular weight excluding hydrogens is 352 g/mol. The van der Waals surface area contributed by atoms with Crippen molar-refractivity contribution in [3.63, 3.8) is 0 Å². The highest BCUT2D eigenvalue weighted by Gasteiger charge is 2.21. The SMILES string of the molecule is CCCNC(=O)c1coc(CN(CCC)C(=O)c2cccc([N+](=O)[O-])c2)n1. The van der Waals surface area contributed by atoms with Crippen LogP contribution in [0.2, 0.25) is 0 Å². The van der Waals surface area contributed by atoms with Crippen molar-refractivity contribution >= 4 is 17.5 Å². The molecule has 2 aromatic rings. The average molecular weight is 374 g/mol. The zero-order chi connectivity index (χ0) is 19.8. The number of hydrogen-bond acceptors (Lipinski definition) is 6. The molecule has 2 rings (SSSR count). The first kappa shape index (κ1) is 20.1. The van der Waals surface area contributed by atoms with Crippen LogP contribution in [-0.2, 0) is 6.54 Å². The Morgan fingerprint density at radius 3 is 2.74 bits per heavy atom. The van der Waals surface area contributed by atoms with E-state index >= 15 is 0 Å². The van der Waals surface area contributed by atoms with Crippen LogP contribution in [0.5, 0.6) is 0 Å². The molecule has 0 aliphatic rings. The van der Waals surface area contributed by atoms with Crippen LogP contribution < -0.4 is 5.32 Å². The van der Waals surface area contributed by atoms with E-state index in [2.05, 4.69) is 10.3 Å². The van der Waals surface area contributed by atoms with E-state index < -0.39 is 4.92 Å². The Morgan fingerprint density at radius 2 is 2.07 bits per heavy atom. The van der Waals surface area contributed by atoms with E-state index in [1.807, 2.05) is 13.8 Å². The predicted molar refractivity (Wildman–Crippen MR) is 97.3 cm³/mol. The van der Waals surface area contributed by atoms with Gasteiger partial charge in [-0.25, -0.2) is 4.98 Å². The van der Waals surface area contributed by atoms with E-state index in [0.717, 1.165) is 6.42 Å². The molecular formula is C18H22N4O5. The van der Waals surface area contributed by atoms with Crippen LogP contribution in [0.1, 0.15) is 53.4 Å². The van der Waals surface area contributed by atoms with Crippen molar-refractivity contribution in [3.05, 3.63) is 57.8 Å². The van der Waals surface area contributed by atoms with Crippen molar-refractivity contribution in [2.45, 2.75) is 33.2 Å². The molecule has 0 fully saturated rings. The van der Waals surface area contributed by atoms with Gasteiger partial charge in [0.25, 0.3) is 17.5 Å². The molecule has 2 amide bonds. The lowest BCUT2D eigenvalue weighted by atomic mass is 10.1. The molecule has 1 aromatic heterocycles. The van der Waals surface area contributed by atoms with Gasteiger partial charge in [0, 0.05) is 30.8 Å². The quantitative estimate of drug-likeness (QED) is 0.532. The molecule has 0 atom stereocenters. The van der Waals surface area contributed by atoms with Gasteiger partial charge < -0.3 is 14.6 Å². The van der Waals surface area contributed by atoms with Crippen molar-refractivity contribution in [1.29, 1.82) is 0 Å². The van der Waals surface area contributed by atoms with Crippen molar-refractivity contribution in [3.8, 4) is 0 Å². The van der Waals surface area contributed by atoms with Gasteiger partial charge in [-0.05, 0) is 18.9 Å². The first-order valence-electron chi connectivity index (χ1n) is 8.72. The van der Waals surface area contributed by atoms with Gasteiger partial charge in [-0.3, -0.25) is 19.7 Å². The van der Waals surface area contributed by atoms with Gasteiger partial charge in [-0.15, -0.1) is 0 Å². The maximum Gasteiger partial charge on any atom is 0.273 e. The van der Waals surface area contributed by atoms with Gasteiger partial charge in [0.15, 0.2) is 5.69 Å². The normalized spacial score (nSPS) is 10.4. The number of nitro benzene ring substituents is 1. The molecule has 1 heterocycles. The Kier molecular flexibility index (Phi) is 7.04. The number of benzene rings is 1. The Balaban J connectivity index is 2.14. The lowest BCUT2D eigenvalue weighted by molar-refractivity contribution is -0.384. The Labute approximate surface area is 156 Å². The van der Waals surface area contributed by atoms with Crippen molar-refractivity contribution < 1.29 is 18.9 Å². The highest BCUT2D eigenvalue weighted by Crippen LogP contribution is 2.16. The van der Waals surface area contributed by atoms with Gasteiger partial charge in [0.05, 0.1) is 11.5 Å². The van der Waals surface area contributed by atoms with Crippen LogP contribution in [0.4, 0.5) is 5.69 Å². The number of nitrogens with one attached hydrogen (secondary N) is 1. The smallest absolute Gasteiger partial charge is 0.273 e. The molecule has 0 aliphatic carbocycles. The third-order valence-corrected chi connectivity index (χ3v) is 3.73. The van der Waals surface area contributed by atoms with Crippen LogP contribution in [0, 0.1) is 10.1 Å². The van der Waals surface area contributed by atoms with Gasteiger partial charge in [-0.2, -0.15) is 0 Å². The number of oxazole rings is 1. The zero-order valence-electron chi connectivity index (χ0n) is 15.3. The summed E-state index contributed by atoms with van der Waals surface area (Å²) in [6.45, 7) is 4.87. The molecule has 1 N–H and O–H groups in total. The third-order valence-electron chi connectivity index (χ3n) is 3.73. The number of carbonyl (C=O) groups excluding carboxylic acids is 2. The molecule has 0 aliphatic heterocycles. The summed E-state index contributed by atoms with van der Waals surface area (Å²) in [7, 11) is 0. The van der Waals surface area contributed by atoms with E-state index in [4.69, 9.17) is 4.42 Å². The lowest BCUT2D eigenvalue weighted by Crippen LogP contribution is -2.31. The second-order valence-corrected chi connectivity index (χ2v) is 5.92. The minimum absolute atomic E-state index is 0.0659. The molecule has 1 aromatic carbocycles. The fourth-order valence-corrected chi connectivity index (χ4v) is 2.44. The molecule has 0 saturated carbocycles. The fourth-order valence-electron chi connectivity index (χ4n) is 2.44. The molecule has 144 valence electrons. The number of rotatable bonds is 9. The maximum atomic E-state index is 12.8. The molecule has 0 saturated heterocycles. The van der Waals surface area contributed by atoms with Gasteiger partial charge in [-0.1, -0.05) is 19.9 Å². The summed E-state index contributed by atoms with van der Waals surface area (Å²) in [5.74, 6) is -0.474. The van der Waals surface area contributed by atoms with E-state index in [1.54, 1.807) is 0 Å². The highest BCUT2D eigenvalue weighted by atomic mass is 16.6. The van der Waals surface area contributed by atoms with Crippen molar-refractivity contribution in [2.24, 2.45) is 0 Å². The molecule has 9 nitrogen and oxygen atoms in total. The van der Waals surface area contributed by atoms with Gasteiger partial charge >= 0.3 is 0 Å². The van der Waals surface area contributed by atoms with E-state index in [-0.39, 0.29) is 41.2 Å². The Bertz CT molecular complexity index is 818. The average Bonchev–Trinajstić information content (AvgIpc) is 3.14. The zero-order valence-corrected chi connectivity index (χ0v) is 15.3. The number of nitro groups is 1. The van der Waals surface area contributed by atoms with Crippen LogP contribution in [-0.4, -0.2) is 39.7 Å². The van der Waals surface area contributed by atoms with Gasteiger partial charge in [0.1, 0.15) is 6.26 Å². The molecule has 0 bridgehead atoms. The number of hydrogen-bond donors (Lipinski definition) is 1. The van der Waals surface area contributed by atoms with Crippen LogP contribution >= 0.6 is 0 Å². The standard InChI is InChI=1S/C18H22N4O5/c1-3-8-19-17(23)15-12-27-16(20-15)11-21(9-4-2)18(24)13-6-5-7-14(10-13)22(25)26/h5-7,10,12H,3-4,8-9,11H2,1-2H3,(H,19,23). The van der Waals surface area contributed by atoms with Gasteiger partial charge in [0.2, 0.25) is 5.89 Å². The number of amides is 2. The van der Waals surface area contributed by atoms with Crippen molar-refractivity contribution in [1.82, 2.24) is 15.2 Å². The minimum Gasteiger partial charge on any atom is -0.446 e. The Morgan fingerprint density at radius 1 is 1.30 bits per heavy atom. The van der Waals surface area contributed by atoms with E-state index in [0.29, 0.717) is 19.5 Å². The first-order valence-corrected chi connectivity index (χ1v) is 8.72. The van der Waals surface area contributed by atoms with Crippen molar-refractivity contribution in [2.75, 3.05) is 13.1 Å². The first-order chi connectivity index (χ1) is 13.0. The monoisotopic (exact) mass is 374 g/mol. The Hall–Kier alpha value is -3.23. The summed E-state index contributed by atoms with van der Waals surface area (Å²) < 4.78 is 5.32. The van der Waals surface area contributed by atoms with Crippen LogP contribution in [0.3, 0.4) is 0 Å². The maximum absolute atomic E-state index is 12.8. The summed E-state index contributed by atoms with van der Waals surface area (Å²) >= 11 is 0. The third kappa shape index (κ3) is 5.37. The number of carbonyl (C=O) groups is 2. The molecule has 27 heavy (non-hydrogen) atoms. The summed E-state index contributed by atoms with van der Waals surface area (Å²) in [6, 6.07) is 5.56. The molecule has 0 spiro atoms. The van der Waals surface area contributed by atoms with E-state index in [1.165, 1.54) is 35.4 Å². The van der Waals surface area contributed by atoms with E-state index in [9.17, 15) is 19.7 Å². The summed E-state index contributed by atoms with van der Waals surface area (Å²) in [4.78, 5) is 40.6. The fraction of sp³-hybridized carbons (Fsp3) is 0.389. The second-order valence-electron chi connectivity index (χ2n) is 5.92. The summed E-state index contributed by atoms with van der Waals surface area (Å²) in [5.41, 5.74) is 0.214.